The molecule has 19 heteroatoms. The van der Waals surface area contributed by atoms with Crippen LogP contribution in [0.3, 0.4) is 0 Å². The van der Waals surface area contributed by atoms with E-state index in [-0.39, 0.29) is 26.1 Å². The van der Waals surface area contributed by atoms with Crippen LogP contribution in [-0.4, -0.2) is 111 Å². The highest BCUT2D eigenvalue weighted by atomic mass is 31.2. The van der Waals surface area contributed by atoms with Crippen molar-refractivity contribution in [1.29, 1.82) is 0 Å². The van der Waals surface area contributed by atoms with Crippen LogP contribution in [0, 0.1) is 0 Å². The fourth-order valence-electron chi connectivity index (χ4n) is 11.2. The van der Waals surface area contributed by atoms with Gasteiger partial charge in [0.15, 0.2) is 6.10 Å². The normalized spacial score (nSPS) is 14.2. The van der Waals surface area contributed by atoms with E-state index in [1.165, 1.54) is 148 Å². The summed E-state index contributed by atoms with van der Waals surface area (Å²) < 4.78 is 70.0. The summed E-state index contributed by atoms with van der Waals surface area (Å²) in [5.74, 6) is -1.04. The summed E-state index contributed by atoms with van der Waals surface area (Å²) in [5, 5.41) is 10.6. The molecule has 2 unspecified atom stereocenters. The number of aliphatic hydroxyl groups is 1. The van der Waals surface area contributed by atoms with Gasteiger partial charge >= 0.3 is 27.6 Å². The minimum atomic E-state index is -4.91. The van der Waals surface area contributed by atoms with E-state index in [1.807, 2.05) is 0 Å². The van der Waals surface area contributed by atoms with Crippen molar-refractivity contribution < 1.29 is 80.2 Å². The molecule has 0 bridgehead atoms. The highest BCUT2D eigenvalue weighted by Crippen LogP contribution is 2.45. The van der Waals surface area contributed by atoms with Crippen molar-refractivity contribution >= 4 is 40.2 Å². The van der Waals surface area contributed by atoms with E-state index in [1.54, 1.807) is 0 Å². The molecule has 0 aliphatic heterocycles. The summed E-state index contributed by atoms with van der Waals surface area (Å²) in [6, 6.07) is 0. The van der Waals surface area contributed by atoms with Gasteiger partial charge in [-0.15, -0.1) is 0 Å². The van der Waals surface area contributed by atoms with Crippen LogP contribution in [0.25, 0.3) is 0 Å². The molecule has 3 N–H and O–H groups in total. The molecule has 0 saturated heterocycles. The molecule has 0 aliphatic carbocycles. The number of phosphoric ester groups is 2. The third kappa shape index (κ3) is 74.5. The van der Waals surface area contributed by atoms with Crippen molar-refractivity contribution in [3.8, 4) is 0 Å². The molecule has 0 aromatic rings. The van der Waals surface area contributed by atoms with Crippen LogP contribution in [0.4, 0.5) is 0 Å². The zero-order chi connectivity index (χ0) is 71.5. The monoisotopic (exact) mass is 1430 g/mol. The van der Waals surface area contributed by atoms with Gasteiger partial charge in [0, 0.05) is 38.9 Å². The van der Waals surface area contributed by atoms with E-state index in [2.05, 4.69) is 62.5 Å². The zero-order valence-corrected chi connectivity index (χ0v) is 64.1. The molecule has 98 heavy (non-hydrogen) atoms. The second kappa shape index (κ2) is 75.5. The first kappa shape index (κ1) is 95.3. The minimum Gasteiger partial charge on any atom is -0.462 e. The van der Waals surface area contributed by atoms with Crippen molar-refractivity contribution in [3.05, 3.63) is 48.6 Å². The van der Waals surface area contributed by atoms with Crippen molar-refractivity contribution in [2.24, 2.45) is 0 Å². The largest absolute Gasteiger partial charge is 0.472 e. The average molecular weight is 1430 g/mol. The fourth-order valence-corrected chi connectivity index (χ4v) is 12.8. The third-order valence-electron chi connectivity index (χ3n) is 17.3. The first-order valence-electron chi connectivity index (χ1n) is 39.8. The maximum absolute atomic E-state index is 13.1. The van der Waals surface area contributed by atoms with Crippen LogP contribution in [0.15, 0.2) is 48.6 Å². The summed E-state index contributed by atoms with van der Waals surface area (Å²) in [5.41, 5.74) is 0. The second-order valence-electron chi connectivity index (χ2n) is 26.9. The van der Waals surface area contributed by atoms with Crippen LogP contribution in [0.2, 0.25) is 0 Å². The Bertz CT molecular complexity index is 1980. The molecule has 574 valence electrons. The molecule has 0 aromatic carbocycles. The lowest BCUT2D eigenvalue weighted by atomic mass is 10.0. The number of carbonyl (C=O) groups excluding carboxylic acids is 4. The number of aldehydes is 2. The second-order valence-corrected chi connectivity index (χ2v) is 29.8. The van der Waals surface area contributed by atoms with Crippen molar-refractivity contribution in [2.45, 2.75) is 379 Å². The van der Waals surface area contributed by atoms with E-state index >= 15 is 0 Å². The SMILES string of the molecule is CCCCC/C=C\C/C=C\CCCCCCCC(=O)OC[C@H](COP(=O)(O)OC[C@@H](O)COP(=O)(O)OC[C@@H](COCCCCCCCCC/C=C\CCCCCCC=O)OCCCCCCCCC/C=C\CCCCCCC=O)OC(=O)CCCCCCCCCCCCCCC. The lowest BCUT2D eigenvalue weighted by Gasteiger charge is -2.21. The molecule has 0 fully saturated rings. The molecular formula is C79H146O17P2. The van der Waals surface area contributed by atoms with Gasteiger partial charge in [0.25, 0.3) is 0 Å². The molecule has 5 atom stereocenters. The Morgan fingerprint density at radius 2 is 0.643 bits per heavy atom. The third-order valence-corrected chi connectivity index (χ3v) is 19.2. The summed E-state index contributed by atoms with van der Waals surface area (Å²) >= 11 is 0. The standard InChI is InChI=1S/C79H146O17P2/c1-3-5-7-9-11-13-15-17-22-28-33-39-45-51-57-63-78(83)91-72-77(96-79(84)64-58-52-46-40-34-27-16-14-12-10-8-6-4-2)74-95-98(87,88)93-70-75(82)69-92-97(85,86)94-73-76(90-68-62-56-50-44-38-32-26-21-19-24-30-36-42-48-54-60-66-81)71-89-67-61-55-49-43-37-31-25-20-18-23-29-35-41-47-53-59-65-80/h11,13,17-19,22-24,65-66,75-77,82H,3-10,12,14-16,20-21,25-64,67-74H2,1-2H3,(H,85,86)(H,87,88)/b13-11-,22-17-,23-18-,24-19-/t75-,76+,77+/m0/s1. The lowest BCUT2D eigenvalue weighted by Crippen LogP contribution is -2.30. The highest BCUT2D eigenvalue weighted by molar-refractivity contribution is 7.47. The van der Waals surface area contributed by atoms with Gasteiger partial charge in [-0.25, -0.2) is 9.13 Å². The van der Waals surface area contributed by atoms with Crippen LogP contribution >= 0.6 is 15.6 Å². The molecule has 0 rings (SSSR count). The Morgan fingerprint density at radius 3 is 1.05 bits per heavy atom. The molecule has 0 heterocycles. The number of esters is 2. The number of rotatable bonds is 80. The van der Waals surface area contributed by atoms with Gasteiger partial charge < -0.3 is 43.4 Å². The number of hydrogen-bond donors (Lipinski definition) is 3. The molecule has 0 spiro atoms. The van der Waals surface area contributed by atoms with Crippen LogP contribution in [-0.2, 0) is 65.4 Å². The van der Waals surface area contributed by atoms with Gasteiger partial charge in [-0.1, -0.05) is 262 Å². The average Bonchev–Trinajstić information content (AvgIpc) is 1.21. The summed E-state index contributed by atoms with van der Waals surface area (Å²) in [7, 11) is -9.67. The summed E-state index contributed by atoms with van der Waals surface area (Å²) in [6.07, 6.45) is 73.5. The van der Waals surface area contributed by atoms with E-state index in [0.29, 0.717) is 38.9 Å². The summed E-state index contributed by atoms with van der Waals surface area (Å²) in [6.45, 7) is 2.54. The first-order valence-corrected chi connectivity index (χ1v) is 42.8. The predicted molar refractivity (Wildman–Crippen MR) is 400 cm³/mol. The van der Waals surface area contributed by atoms with Crippen LogP contribution < -0.4 is 0 Å². The number of allylic oxidation sites excluding steroid dienone is 8. The predicted octanol–water partition coefficient (Wildman–Crippen LogP) is 22.2. The Balaban J connectivity index is 5.18. The molecular weight excluding hydrogens is 1280 g/mol. The molecule has 0 aromatic heterocycles. The van der Waals surface area contributed by atoms with Gasteiger partial charge in [0.05, 0.1) is 33.0 Å². The van der Waals surface area contributed by atoms with Gasteiger partial charge in [0.1, 0.15) is 31.4 Å². The zero-order valence-electron chi connectivity index (χ0n) is 62.3. The summed E-state index contributed by atoms with van der Waals surface area (Å²) in [4.78, 5) is 68.0. The van der Waals surface area contributed by atoms with Crippen LogP contribution in [0.1, 0.15) is 361 Å². The van der Waals surface area contributed by atoms with Crippen molar-refractivity contribution in [2.75, 3.05) is 52.9 Å². The maximum atomic E-state index is 13.1. The van der Waals surface area contributed by atoms with Crippen molar-refractivity contribution in [1.82, 2.24) is 0 Å². The van der Waals surface area contributed by atoms with Crippen molar-refractivity contribution in [3.63, 3.8) is 0 Å². The van der Waals surface area contributed by atoms with Gasteiger partial charge in [-0.3, -0.25) is 27.7 Å². The number of unbranched alkanes of at least 4 members (excludes halogenated alkanes) is 44. The van der Waals surface area contributed by atoms with Crippen LogP contribution in [0.5, 0.6) is 0 Å². The molecule has 0 saturated carbocycles. The van der Waals surface area contributed by atoms with E-state index < -0.39 is 72.3 Å². The Labute approximate surface area is 597 Å². The quantitative estimate of drug-likeness (QED) is 0.0169. The van der Waals surface area contributed by atoms with Gasteiger partial charge in [0.2, 0.25) is 0 Å². The van der Waals surface area contributed by atoms with E-state index in [9.17, 15) is 43.2 Å². The van der Waals surface area contributed by atoms with E-state index in [4.69, 9.17) is 37.0 Å². The fraction of sp³-hybridized carbons (Fsp3) is 0.848. The van der Waals surface area contributed by atoms with Gasteiger partial charge in [-0.2, -0.15) is 0 Å². The number of ether oxygens (including phenoxy) is 4. The first-order chi connectivity index (χ1) is 47.9. The highest BCUT2D eigenvalue weighted by Gasteiger charge is 2.30. The van der Waals surface area contributed by atoms with E-state index in [0.717, 1.165) is 173 Å². The lowest BCUT2D eigenvalue weighted by molar-refractivity contribution is -0.161. The Kier molecular flexibility index (Phi) is 73.4. The number of hydrogen-bond acceptors (Lipinski definition) is 15. The smallest absolute Gasteiger partial charge is 0.462 e. The molecule has 0 aliphatic rings. The Morgan fingerprint density at radius 1 is 0.337 bits per heavy atom. The Hall–Kier alpha value is -2.66. The molecule has 0 amide bonds. The number of phosphoric acid groups is 2. The minimum absolute atomic E-state index is 0.121. The van der Waals surface area contributed by atoms with Gasteiger partial charge in [-0.05, 0) is 122 Å². The molecule has 0 radical (unpaired) electrons. The number of carbonyl (C=O) groups is 4. The number of aliphatic hydroxyl groups excluding tert-OH is 1. The maximum Gasteiger partial charge on any atom is 0.472 e. The topological polar surface area (TPSA) is 237 Å². The molecule has 17 nitrogen and oxygen atoms in total.